The van der Waals surface area contributed by atoms with Gasteiger partial charge in [-0.05, 0) is 30.7 Å². The third-order valence-corrected chi connectivity index (χ3v) is 7.20. The molecule has 0 saturated heterocycles. The van der Waals surface area contributed by atoms with Crippen molar-refractivity contribution in [2.24, 2.45) is 18.9 Å². The largest absolute Gasteiger partial charge is 0.515 e. The van der Waals surface area contributed by atoms with Crippen LogP contribution >= 0.6 is 0 Å². The molecule has 3 atom stereocenters. The van der Waals surface area contributed by atoms with Gasteiger partial charge in [0.1, 0.15) is 0 Å². The molecule has 30 heavy (non-hydrogen) atoms. The van der Waals surface area contributed by atoms with Gasteiger partial charge in [0.15, 0.2) is 5.78 Å². The van der Waals surface area contributed by atoms with Crippen molar-refractivity contribution >= 4 is 5.78 Å². The summed E-state index contributed by atoms with van der Waals surface area (Å²) in [6, 6.07) is 20.8. The minimum atomic E-state index is -0.415. The highest BCUT2D eigenvalue weighted by Crippen LogP contribution is 2.56. The summed E-state index contributed by atoms with van der Waals surface area (Å²) in [5.41, 5.74) is 5.90. The summed E-state index contributed by atoms with van der Waals surface area (Å²) in [5, 5.41) is 15.0. The number of aliphatic hydroxyl groups is 1. The molecule has 4 heteroatoms. The number of carbonyl (C=O) groups excluding carboxylic acids is 1. The van der Waals surface area contributed by atoms with Crippen LogP contribution in [0.4, 0.5) is 0 Å². The Hall–Kier alpha value is -3.14. The summed E-state index contributed by atoms with van der Waals surface area (Å²) in [5.74, 6) is 0.0616. The SMILES string of the molecule is CC1C(=O)/C(=C\O)C[C@]2(c3ccccc3)c3nn(C)c(-c4ccccc4)c3CCC12. The molecular weight excluding hydrogens is 372 g/mol. The van der Waals surface area contributed by atoms with Crippen LogP contribution in [0.15, 0.2) is 72.5 Å². The molecule has 0 spiro atoms. The Morgan fingerprint density at radius 2 is 1.77 bits per heavy atom. The minimum Gasteiger partial charge on any atom is -0.515 e. The van der Waals surface area contributed by atoms with Gasteiger partial charge in [0.2, 0.25) is 0 Å². The Kier molecular flexibility index (Phi) is 4.39. The molecule has 1 heterocycles. The van der Waals surface area contributed by atoms with Crippen LogP contribution in [0.5, 0.6) is 0 Å². The molecule has 5 rings (SSSR count). The van der Waals surface area contributed by atoms with Gasteiger partial charge in [-0.25, -0.2) is 0 Å². The number of hydrogen-bond donors (Lipinski definition) is 1. The van der Waals surface area contributed by atoms with Gasteiger partial charge < -0.3 is 5.11 Å². The lowest BCUT2D eigenvalue weighted by atomic mass is 9.52. The highest BCUT2D eigenvalue weighted by Gasteiger charge is 2.55. The molecule has 0 amide bonds. The van der Waals surface area contributed by atoms with E-state index < -0.39 is 5.41 Å². The monoisotopic (exact) mass is 398 g/mol. The number of allylic oxidation sites excluding steroid dienone is 1. The molecular formula is C26H26N2O2. The van der Waals surface area contributed by atoms with Crippen LogP contribution < -0.4 is 0 Å². The van der Waals surface area contributed by atoms with Crippen LogP contribution in [0, 0.1) is 11.8 Å². The quantitative estimate of drug-likeness (QED) is 0.489. The van der Waals surface area contributed by atoms with E-state index in [2.05, 4.69) is 48.5 Å². The number of nitrogens with zero attached hydrogens (tertiary/aromatic N) is 2. The highest BCUT2D eigenvalue weighted by atomic mass is 16.2. The van der Waals surface area contributed by atoms with Crippen LogP contribution in [0.3, 0.4) is 0 Å². The molecule has 1 N–H and O–H groups in total. The highest BCUT2D eigenvalue weighted by molar-refractivity contribution is 5.98. The van der Waals surface area contributed by atoms with E-state index in [0.717, 1.165) is 36.1 Å². The lowest BCUT2D eigenvalue weighted by Crippen LogP contribution is -2.50. The van der Waals surface area contributed by atoms with Gasteiger partial charge in [-0.15, -0.1) is 0 Å². The van der Waals surface area contributed by atoms with Crippen LogP contribution in [0.1, 0.15) is 36.6 Å². The average molecular weight is 399 g/mol. The van der Waals surface area contributed by atoms with E-state index in [1.165, 1.54) is 11.1 Å². The van der Waals surface area contributed by atoms with Crippen LogP contribution in [-0.2, 0) is 23.7 Å². The Morgan fingerprint density at radius 3 is 2.43 bits per heavy atom. The fourth-order valence-corrected chi connectivity index (χ4v) is 5.89. The van der Waals surface area contributed by atoms with Crippen molar-refractivity contribution in [1.82, 2.24) is 9.78 Å². The smallest absolute Gasteiger partial charge is 0.165 e. The van der Waals surface area contributed by atoms with E-state index in [-0.39, 0.29) is 17.6 Å². The number of aryl methyl sites for hydroxylation is 1. The molecule has 1 saturated carbocycles. The molecule has 1 aromatic heterocycles. The molecule has 4 nitrogen and oxygen atoms in total. The van der Waals surface area contributed by atoms with E-state index in [1.54, 1.807) is 0 Å². The maximum atomic E-state index is 12.9. The Bertz CT molecular complexity index is 1130. The summed E-state index contributed by atoms with van der Waals surface area (Å²) in [6.45, 7) is 2.01. The summed E-state index contributed by atoms with van der Waals surface area (Å²) < 4.78 is 2.00. The molecule has 0 bridgehead atoms. The Balaban J connectivity index is 1.80. The first-order valence-corrected chi connectivity index (χ1v) is 10.6. The second-order valence-electron chi connectivity index (χ2n) is 8.63. The van der Waals surface area contributed by atoms with E-state index in [4.69, 9.17) is 5.10 Å². The number of Topliss-reactive ketones (excluding diaryl/α,β-unsaturated/α-hetero) is 1. The van der Waals surface area contributed by atoms with Crippen LogP contribution in [-0.4, -0.2) is 20.7 Å². The van der Waals surface area contributed by atoms with Crippen LogP contribution in [0.2, 0.25) is 0 Å². The predicted octanol–water partition coefficient (Wildman–Crippen LogP) is 4.99. The van der Waals surface area contributed by atoms with Crippen molar-refractivity contribution in [2.75, 3.05) is 0 Å². The first kappa shape index (κ1) is 18.9. The number of fused-ring (bicyclic) bond motifs is 3. The maximum absolute atomic E-state index is 12.9. The van der Waals surface area contributed by atoms with Gasteiger partial charge in [-0.3, -0.25) is 9.48 Å². The predicted molar refractivity (Wildman–Crippen MR) is 117 cm³/mol. The van der Waals surface area contributed by atoms with Gasteiger partial charge in [0, 0.05) is 35.1 Å². The fourth-order valence-electron chi connectivity index (χ4n) is 5.89. The maximum Gasteiger partial charge on any atom is 0.165 e. The second kappa shape index (κ2) is 6.98. The molecule has 2 aromatic carbocycles. The lowest BCUT2D eigenvalue weighted by Gasteiger charge is -2.49. The second-order valence-corrected chi connectivity index (χ2v) is 8.63. The van der Waals surface area contributed by atoms with Gasteiger partial charge in [0.05, 0.1) is 17.6 Å². The molecule has 2 unspecified atom stereocenters. The van der Waals surface area contributed by atoms with E-state index in [0.29, 0.717) is 12.0 Å². The third kappa shape index (κ3) is 2.53. The minimum absolute atomic E-state index is 0.0664. The van der Waals surface area contributed by atoms with Crippen molar-refractivity contribution < 1.29 is 9.90 Å². The Morgan fingerprint density at radius 1 is 1.10 bits per heavy atom. The van der Waals surface area contributed by atoms with Crippen molar-refractivity contribution in [2.45, 2.75) is 31.6 Å². The normalized spacial score (nSPS) is 27.0. The van der Waals surface area contributed by atoms with Crippen LogP contribution in [0.25, 0.3) is 11.3 Å². The first-order chi connectivity index (χ1) is 14.6. The third-order valence-electron chi connectivity index (χ3n) is 7.20. The number of benzene rings is 2. The van der Waals surface area contributed by atoms with Crippen molar-refractivity contribution in [1.29, 1.82) is 0 Å². The summed E-state index contributed by atoms with van der Waals surface area (Å²) in [6.07, 6.45) is 3.34. The zero-order chi connectivity index (χ0) is 20.9. The number of rotatable bonds is 2. The molecule has 0 aliphatic heterocycles. The fraction of sp³-hybridized carbons (Fsp3) is 0.308. The molecule has 2 aliphatic carbocycles. The van der Waals surface area contributed by atoms with E-state index in [9.17, 15) is 9.90 Å². The number of aromatic nitrogens is 2. The molecule has 1 fully saturated rings. The zero-order valence-electron chi connectivity index (χ0n) is 17.4. The summed E-state index contributed by atoms with van der Waals surface area (Å²) in [4.78, 5) is 12.9. The summed E-state index contributed by atoms with van der Waals surface area (Å²) >= 11 is 0. The zero-order valence-corrected chi connectivity index (χ0v) is 17.4. The van der Waals surface area contributed by atoms with Crippen molar-refractivity contribution in [3.8, 4) is 11.3 Å². The average Bonchev–Trinajstić information content (AvgIpc) is 3.13. The number of carbonyl (C=O) groups is 1. The standard InChI is InChI=1S/C26H26N2O2/c1-17-22-14-13-21-23(18-9-5-3-6-10-18)28(2)27-25(21)26(22,15-19(16-29)24(17)30)20-11-7-4-8-12-20/h3-12,16-17,22,29H,13-15H2,1-2H3/b19-16-/t17?,22?,26-/m1/s1. The number of aliphatic hydroxyl groups excluding tert-OH is 1. The topological polar surface area (TPSA) is 55.1 Å². The Labute approximate surface area is 176 Å². The number of hydrogen-bond acceptors (Lipinski definition) is 3. The van der Waals surface area contributed by atoms with E-state index >= 15 is 0 Å². The van der Waals surface area contributed by atoms with Crippen molar-refractivity contribution in [3.63, 3.8) is 0 Å². The molecule has 0 radical (unpaired) electrons. The molecule has 152 valence electrons. The lowest BCUT2D eigenvalue weighted by molar-refractivity contribution is -0.123. The summed E-state index contributed by atoms with van der Waals surface area (Å²) in [7, 11) is 2.01. The van der Waals surface area contributed by atoms with Crippen molar-refractivity contribution in [3.05, 3.63) is 89.3 Å². The van der Waals surface area contributed by atoms with Gasteiger partial charge in [0.25, 0.3) is 0 Å². The van der Waals surface area contributed by atoms with Gasteiger partial charge in [-0.2, -0.15) is 5.10 Å². The molecule has 3 aromatic rings. The van der Waals surface area contributed by atoms with E-state index in [1.807, 2.05) is 30.8 Å². The van der Waals surface area contributed by atoms with Gasteiger partial charge >= 0.3 is 0 Å². The van der Waals surface area contributed by atoms with Gasteiger partial charge in [-0.1, -0.05) is 67.6 Å². The number of ketones is 1. The molecule has 2 aliphatic rings. The first-order valence-electron chi connectivity index (χ1n) is 10.6.